The lowest BCUT2D eigenvalue weighted by Gasteiger charge is -2.31. The van der Waals surface area contributed by atoms with Crippen LogP contribution < -0.4 is 5.32 Å². The van der Waals surface area contributed by atoms with Crippen molar-refractivity contribution in [3.63, 3.8) is 0 Å². The van der Waals surface area contributed by atoms with E-state index in [1.165, 1.54) is 12.1 Å². The molecule has 5 heteroatoms. The summed E-state index contributed by atoms with van der Waals surface area (Å²) in [7, 11) is 0. The van der Waals surface area contributed by atoms with Crippen molar-refractivity contribution in [2.24, 2.45) is 5.92 Å². The van der Waals surface area contributed by atoms with E-state index in [-0.39, 0.29) is 30.1 Å². The van der Waals surface area contributed by atoms with Crippen molar-refractivity contribution in [3.8, 4) is 0 Å². The largest absolute Gasteiger partial charge is 0.350 e. The number of carbonyl (C=O) groups excluding carboxylic acids is 2. The molecule has 1 aliphatic heterocycles. The van der Waals surface area contributed by atoms with Gasteiger partial charge in [0.05, 0.1) is 0 Å². The number of amides is 2. The molecule has 1 heterocycles. The lowest BCUT2D eigenvalue weighted by molar-refractivity contribution is -0.127. The Morgan fingerprint density at radius 2 is 2.00 bits per heavy atom. The van der Waals surface area contributed by atoms with Crippen LogP contribution in [0.25, 0.3) is 0 Å². The van der Waals surface area contributed by atoms with Gasteiger partial charge in [0.15, 0.2) is 0 Å². The third-order valence-electron chi connectivity index (χ3n) is 4.99. The number of hydrogen-bond acceptors (Lipinski definition) is 2. The van der Waals surface area contributed by atoms with Crippen LogP contribution in [-0.2, 0) is 17.9 Å². The first kappa shape index (κ1) is 18.1. The van der Waals surface area contributed by atoms with E-state index >= 15 is 0 Å². The molecule has 2 amide bonds. The van der Waals surface area contributed by atoms with Crippen LogP contribution in [0.1, 0.15) is 41.8 Å². The Balaban J connectivity index is 1.76. The molecule has 0 spiro atoms. The summed E-state index contributed by atoms with van der Waals surface area (Å²) in [6.07, 6.45) is 0.776. The predicted molar refractivity (Wildman–Crippen MR) is 97.8 cm³/mol. The lowest BCUT2D eigenvalue weighted by atomic mass is 9.96. The third kappa shape index (κ3) is 3.62. The number of hydrogen-bond donors (Lipinski definition) is 1. The normalized spacial score (nSPS) is 15.5. The van der Waals surface area contributed by atoms with Crippen LogP contribution in [0.4, 0.5) is 4.39 Å². The third-order valence-corrected chi connectivity index (χ3v) is 4.99. The summed E-state index contributed by atoms with van der Waals surface area (Å²) in [6.45, 7) is 4.66. The van der Waals surface area contributed by atoms with Crippen LogP contribution >= 0.6 is 0 Å². The van der Waals surface area contributed by atoms with Gasteiger partial charge in [-0.15, -0.1) is 0 Å². The minimum absolute atomic E-state index is 0.0146. The molecule has 0 radical (unpaired) electrons. The maximum Gasteiger partial charge on any atom is 0.255 e. The monoisotopic (exact) mass is 354 g/mol. The summed E-state index contributed by atoms with van der Waals surface area (Å²) in [6, 6.07) is 13.1. The summed E-state index contributed by atoms with van der Waals surface area (Å²) in [5.41, 5.74) is 2.31. The average Bonchev–Trinajstić information content (AvgIpc) is 2.97. The minimum atomic E-state index is -0.548. The topological polar surface area (TPSA) is 49.4 Å². The second-order valence-corrected chi connectivity index (χ2v) is 6.77. The molecule has 1 aliphatic rings. The summed E-state index contributed by atoms with van der Waals surface area (Å²) in [4.78, 5) is 27.3. The van der Waals surface area contributed by atoms with Crippen LogP contribution in [0.3, 0.4) is 0 Å². The van der Waals surface area contributed by atoms with Gasteiger partial charge in [0.2, 0.25) is 5.91 Å². The molecule has 2 atom stereocenters. The second kappa shape index (κ2) is 7.68. The average molecular weight is 354 g/mol. The molecule has 1 N–H and O–H groups in total. The van der Waals surface area contributed by atoms with E-state index in [9.17, 15) is 14.0 Å². The van der Waals surface area contributed by atoms with E-state index in [1.807, 2.05) is 32.0 Å². The van der Waals surface area contributed by atoms with E-state index in [1.54, 1.807) is 23.1 Å². The first-order valence-electron chi connectivity index (χ1n) is 8.92. The van der Waals surface area contributed by atoms with Gasteiger partial charge < -0.3 is 10.2 Å². The molecular formula is C21H23FN2O2. The number of nitrogens with zero attached hydrogens (tertiary/aromatic N) is 1. The summed E-state index contributed by atoms with van der Waals surface area (Å²) < 4.78 is 13.3. The maximum absolute atomic E-state index is 13.3. The van der Waals surface area contributed by atoms with Crippen molar-refractivity contribution in [2.75, 3.05) is 0 Å². The Morgan fingerprint density at radius 1 is 1.23 bits per heavy atom. The Labute approximate surface area is 153 Å². The highest BCUT2D eigenvalue weighted by atomic mass is 19.1. The van der Waals surface area contributed by atoms with E-state index in [0.29, 0.717) is 17.7 Å². The van der Waals surface area contributed by atoms with E-state index in [0.717, 1.165) is 12.0 Å². The molecule has 2 aromatic rings. The molecule has 0 saturated heterocycles. The number of carbonyl (C=O) groups is 2. The lowest BCUT2D eigenvalue weighted by Crippen LogP contribution is -2.50. The first-order chi connectivity index (χ1) is 12.5. The molecular weight excluding hydrogens is 331 g/mol. The summed E-state index contributed by atoms with van der Waals surface area (Å²) in [5, 5.41) is 2.87. The number of halogens is 1. The van der Waals surface area contributed by atoms with Gasteiger partial charge in [-0.1, -0.05) is 50.6 Å². The van der Waals surface area contributed by atoms with Crippen LogP contribution in [0.2, 0.25) is 0 Å². The molecule has 2 aromatic carbocycles. The van der Waals surface area contributed by atoms with Gasteiger partial charge in [0, 0.05) is 18.7 Å². The van der Waals surface area contributed by atoms with Gasteiger partial charge in [-0.25, -0.2) is 4.39 Å². The van der Waals surface area contributed by atoms with Gasteiger partial charge in [-0.05, 0) is 35.2 Å². The number of rotatable bonds is 6. The van der Waals surface area contributed by atoms with Crippen molar-refractivity contribution in [1.82, 2.24) is 10.2 Å². The minimum Gasteiger partial charge on any atom is -0.350 e. The highest BCUT2D eigenvalue weighted by molar-refractivity contribution is 6.01. The standard InChI is InChI=1S/C21H23FN2O2/c1-3-14(2)19(20(25)23-12-15-7-6-9-17(22)11-15)24-13-16-8-4-5-10-18(16)21(24)26/h4-11,14,19H,3,12-13H2,1-2H3,(H,23,25)/t14-,19-/m1/s1. The Bertz CT molecular complexity index is 821. The molecule has 0 bridgehead atoms. The Morgan fingerprint density at radius 3 is 2.69 bits per heavy atom. The highest BCUT2D eigenvalue weighted by Crippen LogP contribution is 2.28. The Hall–Kier alpha value is -2.69. The van der Waals surface area contributed by atoms with E-state index in [4.69, 9.17) is 0 Å². The Kier molecular flexibility index (Phi) is 5.35. The SMILES string of the molecule is CC[C@@H](C)[C@H](C(=O)NCc1cccc(F)c1)N1Cc2ccccc2C1=O. The second-order valence-electron chi connectivity index (χ2n) is 6.77. The zero-order valence-corrected chi connectivity index (χ0v) is 15.0. The predicted octanol–water partition coefficient (Wildman–Crippen LogP) is 3.51. The molecule has 3 rings (SSSR count). The molecule has 136 valence electrons. The van der Waals surface area contributed by atoms with Crippen molar-refractivity contribution in [2.45, 2.75) is 39.4 Å². The van der Waals surface area contributed by atoms with E-state index < -0.39 is 6.04 Å². The zero-order valence-electron chi connectivity index (χ0n) is 15.0. The van der Waals surface area contributed by atoms with Gasteiger partial charge in [-0.3, -0.25) is 9.59 Å². The molecule has 26 heavy (non-hydrogen) atoms. The number of nitrogens with one attached hydrogen (secondary N) is 1. The highest BCUT2D eigenvalue weighted by Gasteiger charge is 2.38. The van der Waals surface area contributed by atoms with E-state index in [2.05, 4.69) is 5.32 Å². The van der Waals surface area contributed by atoms with Crippen molar-refractivity contribution in [1.29, 1.82) is 0 Å². The summed E-state index contributed by atoms with van der Waals surface area (Å²) in [5.74, 6) is -0.627. The van der Waals surface area contributed by atoms with Crippen molar-refractivity contribution < 1.29 is 14.0 Å². The molecule has 4 nitrogen and oxygen atoms in total. The van der Waals surface area contributed by atoms with Crippen LogP contribution in [0.15, 0.2) is 48.5 Å². The van der Waals surface area contributed by atoms with Crippen LogP contribution in [-0.4, -0.2) is 22.8 Å². The fraction of sp³-hybridized carbons (Fsp3) is 0.333. The quantitative estimate of drug-likeness (QED) is 0.863. The van der Waals surface area contributed by atoms with Gasteiger partial charge >= 0.3 is 0 Å². The van der Waals surface area contributed by atoms with Gasteiger partial charge in [-0.2, -0.15) is 0 Å². The maximum atomic E-state index is 13.3. The zero-order chi connectivity index (χ0) is 18.7. The molecule has 0 saturated carbocycles. The fourth-order valence-corrected chi connectivity index (χ4v) is 3.37. The van der Waals surface area contributed by atoms with Crippen LogP contribution in [0, 0.1) is 11.7 Å². The van der Waals surface area contributed by atoms with Gasteiger partial charge in [0.25, 0.3) is 5.91 Å². The number of benzene rings is 2. The molecule has 0 aliphatic carbocycles. The molecule has 0 aromatic heterocycles. The molecule has 0 unspecified atom stereocenters. The summed E-state index contributed by atoms with van der Waals surface area (Å²) >= 11 is 0. The first-order valence-corrected chi connectivity index (χ1v) is 8.92. The number of fused-ring (bicyclic) bond motifs is 1. The van der Waals surface area contributed by atoms with Crippen molar-refractivity contribution >= 4 is 11.8 Å². The smallest absolute Gasteiger partial charge is 0.255 e. The van der Waals surface area contributed by atoms with Crippen LogP contribution in [0.5, 0.6) is 0 Å². The van der Waals surface area contributed by atoms with Gasteiger partial charge in [0.1, 0.15) is 11.9 Å². The molecule has 0 fully saturated rings. The van der Waals surface area contributed by atoms with Crippen molar-refractivity contribution in [3.05, 3.63) is 71.0 Å². The fourth-order valence-electron chi connectivity index (χ4n) is 3.37.